The molecular formula is C18H30. The summed E-state index contributed by atoms with van der Waals surface area (Å²) in [6.07, 6.45) is 22.7. The highest BCUT2D eigenvalue weighted by Gasteiger charge is 2.17. The Hall–Kier alpha value is -0.520. The van der Waals surface area contributed by atoms with Crippen LogP contribution >= 0.6 is 0 Å². The molecule has 2 aliphatic carbocycles. The van der Waals surface area contributed by atoms with E-state index in [-0.39, 0.29) is 0 Å². The van der Waals surface area contributed by atoms with Crippen LogP contribution in [-0.2, 0) is 0 Å². The van der Waals surface area contributed by atoms with Gasteiger partial charge in [-0.15, -0.1) is 0 Å². The van der Waals surface area contributed by atoms with Crippen LogP contribution in [0.2, 0.25) is 0 Å². The first-order chi connectivity index (χ1) is 8.88. The topological polar surface area (TPSA) is 0 Å². The Morgan fingerprint density at radius 1 is 1.17 bits per heavy atom. The molecular weight excluding hydrogens is 216 g/mol. The average molecular weight is 246 g/mol. The molecule has 0 aromatic carbocycles. The number of hydrogen-bond acceptors (Lipinski definition) is 0. The minimum absolute atomic E-state index is 0.950. The molecule has 0 saturated heterocycles. The highest BCUT2D eigenvalue weighted by molar-refractivity contribution is 5.05. The van der Waals surface area contributed by atoms with Crippen molar-refractivity contribution in [2.75, 3.05) is 0 Å². The lowest BCUT2D eigenvalue weighted by molar-refractivity contribution is 0.337. The third kappa shape index (κ3) is 4.63. The summed E-state index contributed by atoms with van der Waals surface area (Å²) in [5.74, 6) is 1.93. The summed E-state index contributed by atoms with van der Waals surface area (Å²) in [5, 5.41) is 0. The zero-order valence-electron chi connectivity index (χ0n) is 12.2. The van der Waals surface area contributed by atoms with Gasteiger partial charge in [0.25, 0.3) is 0 Å². The van der Waals surface area contributed by atoms with Crippen LogP contribution in [0.3, 0.4) is 0 Å². The van der Waals surface area contributed by atoms with Gasteiger partial charge in [0.1, 0.15) is 0 Å². The molecule has 2 rings (SSSR count). The second-order valence-electron chi connectivity index (χ2n) is 6.33. The Balaban J connectivity index is 1.80. The molecule has 0 saturated carbocycles. The molecule has 2 aliphatic rings. The van der Waals surface area contributed by atoms with E-state index in [1.165, 1.54) is 70.6 Å². The summed E-state index contributed by atoms with van der Waals surface area (Å²) in [6, 6.07) is 0. The molecule has 0 amide bonds. The van der Waals surface area contributed by atoms with Gasteiger partial charge in [-0.25, -0.2) is 0 Å². The van der Waals surface area contributed by atoms with Gasteiger partial charge in [-0.1, -0.05) is 43.6 Å². The summed E-state index contributed by atoms with van der Waals surface area (Å²) in [6.45, 7) is 2.39. The maximum atomic E-state index is 2.57. The van der Waals surface area contributed by atoms with Crippen LogP contribution in [0.5, 0.6) is 0 Å². The number of allylic oxidation sites excluding steroid dienone is 4. The molecule has 0 N–H and O–H groups in total. The molecule has 0 heteroatoms. The fourth-order valence-electron chi connectivity index (χ4n) is 3.57. The van der Waals surface area contributed by atoms with Crippen molar-refractivity contribution in [3.8, 4) is 0 Å². The van der Waals surface area contributed by atoms with E-state index < -0.39 is 0 Å². The van der Waals surface area contributed by atoms with Crippen molar-refractivity contribution in [2.45, 2.75) is 77.6 Å². The van der Waals surface area contributed by atoms with Crippen molar-refractivity contribution >= 4 is 0 Å². The van der Waals surface area contributed by atoms with E-state index in [0.29, 0.717) is 0 Å². The smallest absolute Gasteiger partial charge is 0.0292 e. The first-order valence-electron chi connectivity index (χ1n) is 8.21. The lowest BCUT2D eigenvalue weighted by Crippen LogP contribution is -2.11. The zero-order valence-corrected chi connectivity index (χ0v) is 12.2. The van der Waals surface area contributed by atoms with Crippen molar-refractivity contribution in [2.24, 2.45) is 11.8 Å². The van der Waals surface area contributed by atoms with Gasteiger partial charge in [0.15, 0.2) is 0 Å². The summed E-state index contributed by atoms with van der Waals surface area (Å²) >= 11 is 0. The first kappa shape index (κ1) is 13.9. The van der Waals surface area contributed by atoms with Crippen molar-refractivity contribution in [3.05, 3.63) is 23.8 Å². The first-order valence-corrected chi connectivity index (χ1v) is 8.21. The lowest BCUT2D eigenvalue weighted by atomic mass is 9.82. The predicted octanol–water partition coefficient (Wildman–Crippen LogP) is 6.04. The van der Waals surface area contributed by atoms with Gasteiger partial charge in [0.2, 0.25) is 0 Å². The maximum Gasteiger partial charge on any atom is -0.0292 e. The third-order valence-electron chi connectivity index (χ3n) is 4.81. The third-order valence-corrected chi connectivity index (χ3v) is 4.81. The highest BCUT2D eigenvalue weighted by Crippen LogP contribution is 2.32. The molecule has 0 bridgehead atoms. The number of rotatable bonds is 5. The van der Waals surface area contributed by atoms with E-state index in [4.69, 9.17) is 0 Å². The van der Waals surface area contributed by atoms with Crippen LogP contribution < -0.4 is 0 Å². The van der Waals surface area contributed by atoms with E-state index in [2.05, 4.69) is 25.2 Å². The molecule has 102 valence electrons. The van der Waals surface area contributed by atoms with Crippen LogP contribution in [-0.4, -0.2) is 0 Å². The molecule has 2 unspecified atom stereocenters. The molecule has 0 aromatic rings. The fourth-order valence-corrected chi connectivity index (χ4v) is 3.57. The molecule has 0 spiro atoms. The Bertz CT molecular complexity index is 284. The van der Waals surface area contributed by atoms with E-state index in [0.717, 1.165) is 11.8 Å². The van der Waals surface area contributed by atoms with Gasteiger partial charge in [0, 0.05) is 0 Å². The average Bonchev–Trinajstić information content (AvgIpc) is 2.68. The normalized spacial score (nSPS) is 26.5. The van der Waals surface area contributed by atoms with Crippen molar-refractivity contribution in [1.29, 1.82) is 0 Å². The van der Waals surface area contributed by atoms with E-state index in [1.54, 1.807) is 5.57 Å². The van der Waals surface area contributed by atoms with Gasteiger partial charge in [-0.2, -0.15) is 0 Å². The summed E-state index contributed by atoms with van der Waals surface area (Å²) < 4.78 is 0. The van der Waals surface area contributed by atoms with E-state index >= 15 is 0 Å². The minimum atomic E-state index is 0.950. The van der Waals surface area contributed by atoms with Gasteiger partial charge in [-0.05, 0) is 69.6 Å². The highest BCUT2D eigenvalue weighted by atomic mass is 14.2. The molecule has 0 fully saturated rings. The number of hydrogen-bond donors (Lipinski definition) is 0. The Morgan fingerprint density at radius 2 is 2.11 bits per heavy atom. The second-order valence-corrected chi connectivity index (χ2v) is 6.33. The summed E-state index contributed by atoms with van der Waals surface area (Å²) in [5.41, 5.74) is 1.78. The van der Waals surface area contributed by atoms with E-state index in [9.17, 15) is 0 Å². The molecule has 0 aromatic heterocycles. The van der Waals surface area contributed by atoms with Crippen molar-refractivity contribution < 1.29 is 0 Å². The minimum Gasteiger partial charge on any atom is -0.0885 e. The monoisotopic (exact) mass is 246 g/mol. The Morgan fingerprint density at radius 3 is 2.89 bits per heavy atom. The van der Waals surface area contributed by atoms with Gasteiger partial charge < -0.3 is 0 Å². The van der Waals surface area contributed by atoms with Crippen molar-refractivity contribution in [1.82, 2.24) is 0 Å². The molecule has 0 nitrogen and oxygen atoms in total. The van der Waals surface area contributed by atoms with Crippen LogP contribution in [0.25, 0.3) is 0 Å². The Kier molecular flexibility index (Phi) is 6.04. The fraction of sp³-hybridized carbons (Fsp3) is 0.778. The van der Waals surface area contributed by atoms with Crippen LogP contribution in [0.15, 0.2) is 23.8 Å². The molecule has 2 atom stereocenters. The second kappa shape index (κ2) is 7.81. The van der Waals surface area contributed by atoms with Crippen LogP contribution in [0, 0.1) is 11.8 Å². The maximum absolute atomic E-state index is 2.57. The summed E-state index contributed by atoms with van der Waals surface area (Å²) in [7, 11) is 0. The van der Waals surface area contributed by atoms with Gasteiger partial charge in [-0.3, -0.25) is 0 Å². The molecule has 0 radical (unpaired) electrons. The quantitative estimate of drug-likeness (QED) is 0.519. The SMILES string of the molecule is CCC(CC1=CCCCCC1)CC1CC=CCC1. The largest absolute Gasteiger partial charge is 0.0885 e. The van der Waals surface area contributed by atoms with Gasteiger partial charge in [0.05, 0.1) is 0 Å². The predicted molar refractivity (Wildman–Crippen MR) is 80.7 cm³/mol. The summed E-state index contributed by atoms with van der Waals surface area (Å²) in [4.78, 5) is 0. The van der Waals surface area contributed by atoms with E-state index in [1.807, 2.05) is 0 Å². The standard InChI is InChI=1S/C18H30/c1-2-16(15-18-12-8-5-9-13-18)14-17-10-6-3-4-7-11-17/h5,8,10,16,18H,2-4,6-7,9,11-15H2,1H3. The molecule has 18 heavy (non-hydrogen) atoms. The lowest BCUT2D eigenvalue weighted by Gasteiger charge is -2.24. The molecule has 0 aliphatic heterocycles. The zero-order chi connectivity index (χ0) is 12.6. The van der Waals surface area contributed by atoms with Gasteiger partial charge >= 0.3 is 0 Å². The Labute approximate surface area is 114 Å². The van der Waals surface area contributed by atoms with Crippen molar-refractivity contribution in [3.63, 3.8) is 0 Å². The van der Waals surface area contributed by atoms with Crippen LogP contribution in [0.1, 0.15) is 77.6 Å². The van der Waals surface area contributed by atoms with Crippen LogP contribution in [0.4, 0.5) is 0 Å². The molecule has 0 heterocycles.